The van der Waals surface area contributed by atoms with Gasteiger partial charge in [0.2, 0.25) is 5.91 Å². The Morgan fingerprint density at radius 2 is 2.29 bits per heavy atom. The topological polar surface area (TPSA) is 88.8 Å². The summed E-state index contributed by atoms with van der Waals surface area (Å²) in [6.45, 7) is 0.905. The molecule has 24 heavy (non-hydrogen) atoms. The molecule has 2 aromatic heterocycles. The molecule has 1 aliphatic heterocycles. The zero-order valence-corrected chi connectivity index (χ0v) is 13.9. The summed E-state index contributed by atoms with van der Waals surface area (Å²) in [5.74, 6) is -0.271. The monoisotopic (exact) mass is 331 g/mol. The first-order valence-electron chi connectivity index (χ1n) is 7.91. The number of carbonyl (C=O) groups excluding carboxylic acids is 2. The normalized spacial score (nSPS) is 20.5. The van der Waals surface area contributed by atoms with Crippen molar-refractivity contribution >= 4 is 17.5 Å². The molecular weight excluding hydrogens is 310 g/mol. The van der Waals surface area contributed by atoms with Crippen molar-refractivity contribution in [2.24, 2.45) is 0 Å². The van der Waals surface area contributed by atoms with E-state index in [0.29, 0.717) is 24.4 Å². The molecule has 0 radical (unpaired) electrons. The first-order valence-corrected chi connectivity index (χ1v) is 7.91. The Hall–Kier alpha value is -2.48. The number of aromatic nitrogens is 3. The first kappa shape index (κ1) is 16.4. The number of methoxy groups -OCH3 is 1. The largest absolute Gasteiger partial charge is 0.382 e. The van der Waals surface area contributed by atoms with Gasteiger partial charge >= 0.3 is 0 Å². The zero-order valence-electron chi connectivity index (χ0n) is 13.9. The molecule has 8 nitrogen and oxygen atoms in total. The van der Waals surface area contributed by atoms with Crippen LogP contribution in [-0.2, 0) is 9.53 Å². The smallest absolute Gasteiger partial charge is 0.259 e. The van der Waals surface area contributed by atoms with Crippen molar-refractivity contribution in [1.82, 2.24) is 24.8 Å². The van der Waals surface area contributed by atoms with E-state index in [2.05, 4.69) is 15.4 Å². The second kappa shape index (κ2) is 6.56. The molecule has 1 saturated heterocycles. The zero-order chi connectivity index (χ0) is 17.2. The fourth-order valence-corrected chi connectivity index (χ4v) is 3.42. The van der Waals surface area contributed by atoms with Crippen molar-refractivity contribution in [2.75, 3.05) is 27.3 Å². The van der Waals surface area contributed by atoms with Gasteiger partial charge in [-0.15, -0.1) is 0 Å². The van der Waals surface area contributed by atoms with Crippen molar-refractivity contribution in [1.29, 1.82) is 0 Å². The van der Waals surface area contributed by atoms with E-state index in [1.54, 1.807) is 42.0 Å². The summed E-state index contributed by atoms with van der Waals surface area (Å²) in [4.78, 5) is 31.1. The quantitative estimate of drug-likeness (QED) is 0.861. The van der Waals surface area contributed by atoms with Gasteiger partial charge in [-0.25, -0.2) is 9.50 Å². The van der Waals surface area contributed by atoms with Crippen molar-refractivity contribution in [3.63, 3.8) is 0 Å². The number of nitrogens with zero attached hydrogens (tertiary/aromatic N) is 4. The van der Waals surface area contributed by atoms with Gasteiger partial charge in [0, 0.05) is 33.1 Å². The maximum atomic E-state index is 13.1. The molecule has 1 N–H and O–H groups in total. The molecule has 3 rings (SSSR count). The average molecular weight is 331 g/mol. The summed E-state index contributed by atoms with van der Waals surface area (Å²) in [5.41, 5.74) is 0.324. The highest BCUT2D eigenvalue weighted by Gasteiger charge is 2.45. The lowest BCUT2D eigenvalue weighted by Gasteiger charge is -2.37. The number of rotatable bonds is 5. The molecule has 1 fully saturated rings. The van der Waals surface area contributed by atoms with Crippen LogP contribution in [0.5, 0.6) is 0 Å². The molecule has 0 spiro atoms. The summed E-state index contributed by atoms with van der Waals surface area (Å²) >= 11 is 0. The molecule has 128 valence electrons. The third kappa shape index (κ3) is 2.73. The lowest BCUT2D eigenvalue weighted by atomic mass is 9.92. The predicted molar refractivity (Wildman–Crippen MR) is 86.5 cm³/mol. The van der Waals surface area contributed by atoms with Gasteiger partial charge in [0.25, 0.3) is 5.91 Å². The third-order valence-electron chi connectivity index (χ3n) is 4.53. The van der Waals surface area contributed by atoms with Gasteiger partial charge in [-0.05, 0) is 18.9 Å². The van der Waals surface area contributed by atoms with Crippen LogP contribution in [-0.4, -0.2) is 64.2 Å². The van der Waals surface area contributed by atoms with Crippen molar-refractivity contribution in [3.8, 4) is 0 Å². The van der Waals surface area contributed by atoms with E-state index in [4.69, 9.17) is 4.74 Å². The van der Waals surface area contributed by atoms with Crippen LogP contribution in [0.2, 0.25) is 0 Å². The summed E-state index contributed by atoms with van der Waals surface area (Å²) in [5, 5.41) is 6.82. The number of likely N-dealkylation sites (tertiary alicyclic amines) is 1. The Morgan fingerprint density at radius 1 is 1.46 bits per heavy atom. The van der Waals surface area contributed by atoms with Crippen molar-refractivity contribution in [3.05, 3.63) is 30.2 Å². The predicted octanol–water partition coefficient (Wildman–Crippen LogP) is 0.487. The fourth-order valence-electron chi connectivity index (χ4n) is 3.42. The van der Waals surface area contributed by atoms with E-state index in [1.807, 2.05) is 0 Å². The molecule has 0 aliphatic carbocycles. The van der Waals surface area contributed by atoms with Crippen LogP contribution < -0.4 is 5.32 Å². The van der Waals surface area contributed by atoms with Gasteiger partial charge in [0.15, 0.2) is 5.65 Å². The van der Waals surface area contributed by atoms with Crippen LogP contribution in [0.25, 0.3) is 5.65 Å². The molecule has 1 atom stereocenters. The molecule has 3 heterocycles. The SMILES string of the molecule is CNC(=O)C[C@@]1(COC)CCCN1C(=O)c1cnn2cccnc12. The molecule has 8 heteroatoms. The molecule has 0 saturated carbocycles. The number of hydrogen-bond acceptors (Lipinski definition) is 5. The van der Waals surface area contributed by atoms with Gasteiger partial charge in [-0.2, -0.15) is 5.10 Å². The van der Waals surface area contributed by atoms with Crippen LogP contribution in [0.4, 0.5) is 0 Å². The maximum absolute atomic E-state index is 13.1. The van der Waals surface area contributed by atoms with Crippen LogP contribution in [0.3, 0.4) is 0 Å². The minimum absolute atomic E-state index is 0.107. The molecular formula is C16H21N5O3. The first-order chi connectivity index (χ1) is 11.6. The number of hydrogen-bond donors (Lipinski definition) is 1. The average Bonchev–Trinajstić information content (AvgIpc) is 3.19. The lowest BCUT2D eigenvalue weighted by molar-refractivity contribution is -0.123. The Bertz CT molecular complexity index is 759. The maximum Gasteiger partial charge on any atom is 0.259 e. The Morgan fingerprint density at radius 3 is 3.04 bits per heavy atom. The summed E-state index contributed by atoms with van der Waals surface area (Å²) in [7, 11) is 3.18. The second-order valence-electron chi connectivity index (χ2n) is 6.01. The number of fused-ring (bicyclic) bond motifs is 1. The van der Waals surface area contributed by atoms with Crippen LogP contribution in [0.1, 0.15) is 29.6 Å². The Labute approximate surface area is 139 Å². The van der Waals surface area contributed by atoms with Crippen LogP contribution in [0.15, 0.2) is 24.7 Å². The van der Waals surface area contributed by atoms with Gasteiger partial charge in [-0.3, -0.25) is 9.59 Å². The van der Waals surface area contributed by atoms with E-state index < -0.39 is 5.54 Å². The van der Waals surface area contributed by atoms with Gasteiger partial charge < -0.3 is 15.0 Å². The highest BCUT2D eigenvalue weighted by molar-refractivity contribution is 6.00. The highest BCUT2D eigenvalue weighted by Crippen LogP contribution is 2.34. The number of amides is 2. The standard InChI is InChI=1S/C16H21N5O3/c1-17-13(22)9-16(11-24-2)5-3-7-20(16)15(23)12-10-19-21-8-4-6-18-14(12)21/h4,6,8,10H,3,5,7,9,11H2,1-2H3,(H,17,22)/t16-/m1/s1. The van der Waals surface area contributed by atoms with Crippen LogP contribution in [0, 0.1) is 0 Å². The fraction of sp³-hybridized carbons (Fsp3) is 0.500. The summed E-state index contributed by atoms with van der Waals surface area (Å²) in [6.07, 6.45) is 6.68. The summed E-state index contributed by atoms with van der Waals surface area (Å²) < 4.78 is 6.92. The number of ether oxygens (including phenoxy) is 1. The molecule has 0 bridgehead atoms. The molecule has 1 aliphatic rings. The van der Waals surface area contributed by atoms with E-state index in [-0.39, 0.29) is 18.2 Å². The van der Waals surface area contributed by atoms with Gasteiger partial charge in [0.05, 0.1) is 24.8 Å². The Kier molecular flexibility index (Phi) is 4.48. The third-order valence-corrected chi connectivity index (χ3v) is 4.53. The second-order valence-corrected chi connectivity index (χ2v) is 6.01. The molecule has 2 amide bonds. The molecule has 2 aromatic rings. The van der Waals surface area contributed by atoms with E-state index in [9.17, 15) is 9.59 Å². The van der Waals surface area contributed by atoms with Crippen molar-refractivity contribution in [2.45, 2.75) is 24.8 Å². The van der Waals surface area contributed by atoms with Gasteiger partial charge in [0.1, 0.15) is 5.56 Å². The lowest BCUT2D eigenvalue weighted by Crippen LogP contribution is -2.52. The number of nitrogens with one attached hydrogen (secondary N) is 1. The number of carbonyl (C=O) groups is 2. The van der Waals surface area contributed by atoms with E-state index in [0.717, 1.165) is 12.8 Å². The van der Waals surface area contributed by atoms with E-state index >= 15 is 0 Å². The minimum atomic E-state index is -0.630. The van der Waals surface area contributed by atoms with Crippen LogP contribution >= 0.6 is 0 Å². The molecule has 0 aromatic carbocycles. The highest BCUT2D eigenvalue weighted by atomic mass is 16.5. The van der Waals surface area contributed by atoms with Gasteiger partial charge in [-0.1, -0.05) is 0 Å². The minimum Gasteiger partial charge on any atom is -0.382 e. The van der Waals surface area contributed by atoms with E-state index in [1.165, 1.54) is 6.20 Å². The van der Waals surface area contributed by atoms with Crippen molar-refractivity contribution < 1.29 is 14.3 Å². The Balaban J connectivity index is 1.96. The molecule has 0 unspecified atom stereocenters. The summed E-state index contributed by atoms with van der Waals surface area (Å²) in [6, 6.07) is 1.75.